The summed E-state index contributed by atoms with van der Waals surface area (Å²) in [6, 6.07) is 6.45. The maximum atomic E-state index is 6.14. The predicted octanol–water partition coefficient (Wildman–Crippen LogP) is 1.72. The molecule has 0 bridgehead atoms. The zero-order chi connectivity index (χ0) is 13.9. The van der Waals surface area contributed by atoms with Gasteiger partial charge in [-0.2, -0.15) is 0 Å². The molecule has 0 saturated heterocycles. The van der Waals surface area contributed by atoms with E-state index >= 15 is 0 Å². The van der Waals surface area contributed by atoms with E-state index < -0.39 is 0 Å². The Labute approximate surface area is 118 Å². The van der Waals surface area contributed by atoms with Gasteiger partial charge in [0.1, 0.15) is 11.5 Å². The lowest BCUT2D eigenvalue weighted by Gasteiger charge is -2.11. The van der Waals surface area contributed by atoms with Crippen LogP contribution in [-0.4, -0.2) is 23.3 Å². The number of hydrogen-bond acceptors (Lipinski definition) is 4. The molecule has 0 spiro atoms. The van der Waals surface area contributed by atoms with E-state index in [1.807, 2.05) is 0 Å². The van der Waals surface area contributed by atoms with E-state index in [1.54, 1.807) is 4.68 Å². The van der Waals surface area contributed by atoms with E-state index in [-0.39, 0.29) is 0 Å². The highest BCUT2D eigenvalue weighted by atomic mass is 15.4. The van der Waals surface area contributed by atoms with Crippen LogP contribution in [0.3, 0.4) is 0 Å². The minimum absolute atomic E-state index is 0.497. The third kappa shape index (κ3) is 1.59. The standard InChI is InChI=1S/C15H19N5/c1-19-7-6-10-8-11(4-5-12(10)19)13-14(16)20(17)15(18-13)9-2-3-9/h4-5,8-9H,2-3,6-7,16-17H2,1H3. The fraction of sp³-hybridized carbons (Fsp3) is 0.400. The average molecular weight is 269 g/mol. The number of imidazole rings is 1. The number of aromatic nitrogens is 2. The van der Waals surface area contributed by atoms with Crippen molar-refractivity contribution in [3.05, 3.63) is 29.6 Å². The topological polar surface area (TPSA) is 73.1 Å². The fourth-order valence-corrected chi connectivity index (χ4v) is 3.02. The zero-order valence-corrected chi connectivity index (χ0v) is 11.6. The van der Waals surface area contributed by atoms with E-state index in [4.69, 9.17) is 11.6 Å². The summed E-state index contributed by atoms with van der Waals surface area (Å²) in [5.41, 5.74) is 10.7. The predicted molar refractivity (Wildman–Crippen MR) is 81.2 cm³/mol. The smallest absolute Gasteiger partial charge is 0.150 e. The number of hydrogen-bond donors (Lipinski definition) is 2. The zero-order valence-electron chi connectivity index (χ0n) is 11.6. The van der Waals surface area contributed by atoms with E-state index in [2.05, 4.69) is 35.1 Å². The Bertz CT molecular complexity index is 684. The van der Waals surface area contributed by atoms with Gasteiger partial charge in [-0.25, -0.2) is 9.66 Å². The molecule has 0 amide bonds. The molecule has 1 aliphatic heterocycles. The summed E-state index contributed by atoms with van der Waals surface area (Å²) in [6.45, 7) is 1.08. The Morgan fingerprint density at radius 3 is 2.85 bits per heavy atom. The molecule has 0 radical (unpaired) electrons. The third-order valence-corrected chi connectivity index (χ3v) is 4.40. The Morgan fingerprint density at radius 2 is 2.10 bits per heavy atom. The van der Waals surface area contributed by atoms with Crippen molar-refractivity contribution in [2.24, 2.45) is 0 Å². The summed E-state index contributed by atoms with van der Waals surface area (Å²) in [7, 11) is 2.12. The van der Waals surface area contributed by atoms with Gasteiger partial charge in [0.25, 0.3) is 0 Å². The second-order valence-corrected chi connectivity index (χ2v) is 5.86. The third-order valence-electron chi connectivity index (χ3n) is 4.40. The molecule has 5 heteroatoms. The van der Waals surface area contributed by atoms with Crippen LogP contribution < -0.4 is 16.5 Å². The second kappa shape index (κ2) is 3.91. The lowest BCUT2D eigenvalue weighted by molar-refractivity contribution is 0.855. The number of fused-ring (bicyclic) bond motifs is 1. The highest BCUT2D eigenvalue weighted by molar-refractivity contribution is 5.75. The van der Waals surface area contributed by atoms with Crippen molar-refractivity contribution >= 4 is 11.5 Å². The van der Waals surface area contributed by atoms with Crippen LogP contribution in [0.2, 0.25) is 0 Å². The lowest BCUT2D eigenvalue weighted by Crippen LogP contribution is -2.14. The Hall–Kier alpha value is -2.17. The maximum Gasteiger partial charge on any atom is 0.150 e. The van der Waals surface area contributed by atoms with Crippen LogP contribution in [0.5, 0.6) is 0 Å². The second-order valence-electron chi connectivity index (χ2n) is 5.86. The van der Waals surface area contributed by atoms with Crippen LogP contribution in [0.4, 0.5) is 11.5 Å². The molecule has 1 fully saturated rings. The summed E-state index contributed by atoms with van der Waals surface area (Å²) in [5.74, 6) is 8.03. The molecule has 4 rings (SSSR count). The average Bonchev–Trinajstić information content (AvgIpc) is 3.17. The molecule has 1 aromatic carbocycles. The van der Waals surface area contributed by atoms with Gasteiger partial charge in [-0.05, 0) is 37.0 Å². The van der Waals surface area contributed by atoms with Crippen molar-refractivity contribution in [3.63, 3.8) is 0 Å². The molecule has 5 nitrogen and oxygen atoms in total. The van der Waals surface area contributed by atoms with Gasteiger partial charge in [0, 0.05) is 30.8 Å². The fourth-order valence-electron chi connectivity index (χ4n) is 3.02. The number of nitrogens with zero attached hydrogens (tertiary/aromatic N) is 3. The first-order valence-electron chi connectivity index (χ1n) is 7.13. The Morgan fingerprint density at radius 1 is 1.30 bits per heavy atom. The van der Waals surface area contributed by atoms with Gasteiger partial charge in [-0.1, -0.05) is 6.07 Å². The molecule has 1 aromatic heterocycles. The number of likely N-dealkylation sites (N-methyl/N-ethyl adjacent to an activating group) is 1. The number of benzene rings is 1. The van der Waals surface area contributed by atoms with Crippen molar-refractivity contribution in [1.82, 2.24) is 9.66 Å². The first-order valence-corrected chi connectivity index (χ1v) is 7.13. The van der Waals surface area contributed by atoms with Gasteiger partial charge in [-0.3, -0.25) is 0 Å². The Kier molecular flexibility index (Phi) is 2.28. The minimum atomic E-state index is 0.497. The minimum Gasteiger partial charge on any atom is -0.382 e. The molecule has 2 aliphatic rings. The van der Waals surface area contributed by atoms with Gasteiger partial charge in [-0.15, -0.1) is 0 Å². The van der Waals surface area contributed by atoms with Crippen LogP contribution in [0.1, 0.15) is 30.1 Å². The summed E-state index contributed by atoms with van der Waals surface area (Å²) in [4.78, 5) is 6.96. The highest BCUT2D eigenvalue weighted by Gasteiger charge is 2.30. The van der Waals surface area contributed by atoms with Crippen LogP contribution in [0.15, 0.2) is 18.2 Å². The van der Waals surface area contributed by atoms with Gasteiger partial charge in [0.15, 0.2) is 5.82 Å². The van der Waals surface area contributed by atoms with Crippen molar-refractivity contribution in [3.8, 4) is 11.3 Å². The van der Waals surface area contributed by atoms with Gasteiger partial charge < -0.3 is 16.5 Å². The largest absolute Gasteiger partial charge is 0.382 e. The molecule has 0 atom stereocenters. The monoisotopic (exact) mass is 269 g/mol. The molecule has 20 heavy (non-hydrogen) atoms. The van der Waals surface area contributed by atoms with Crippen molar-refractivity contribution in [2.45, 2.75) is 25.2 Å². The first kappa shape index (κ1) is 11.6. The molecule has 2 aromatic rings. The van der Waals surface area contributed by atoms with E-state index in [0.717, 1.165) is 30.0 Å². The first-order chi connectivity index (χ1) is 9.65. The molecule has 0 unspecified atom stereocenters. The van der Waals surface area contributed by atoms with Crippen LogP contribution >= 0.6 is 0 Å². The van der Waals surface area contributed by atoms with Crippen LogP contribution in [0.25, 0.3) is 11.3 Å². The number of nitrogen functional groups attached to an aromatic ring is 2. The van der Waals surface area contributed by atoms with Gasteiger partial charge >= 0.3 is 0 Å². The molecule has 1 aliphatic carbocycles. The number of anilines is 2. The molecule has 2 heterocycles. The summed E-state index contributed by atoms with van der Waals surface area (Å²) in [6.07, 6.45) is 3.42. The normalized spacial score (nSPS) is 17.6. The molecular formula is C15H19N5. The highest BCUT2D eigenvalue weighted by Crippen LogP contribution is 2.41. The van der Waals surface area contributed by atoms with Crippen LogP contribution in [0, 0.1) is 0 Å². The Balaban J connectivity index is 1.80. The number of rotatable bonds is 2. The number of nitrogens with two attached hydrogens (primary N) is 2. The summed E-state index contributed by atoms with van der Waals surface area (Å²) in [5, 5.41) is 0. The van der Waals surface area contributed by atoms with E-state index in [1.165, 1.54) is 24.1 Å². The van der Waals surface area contributed by atoms with Crippen molar-refractivity contribution in [2.75, 3.05) is 30.1 Å². The van der Waals surface area contributed by atoms with Gasteiger partial charge in [0.2, 0.25) is 0 Å². The maximum absolute atomic E-state index is 6.14. The lowest BCUT2D eigenvalue weighted by atomic mass is 10.1. The summed E-state index contributed by atoms with van der Waals surface area (Å²) < 4.78 is 1.56. The molecule has 4 N–H and O–H groups in total. The molecule has 104 valence electrons. The van der Waals surface area contributed by atoms with Crippen molar-refractivity contribution < 1.29 is 0 Å². The van der Waals surface area contributed by atoms with E-state index in [9.17, 15) is 0 Å². The van der Waals surface area contributed by atoms with Crippen molar-refractivity contribution in [1.29, 1.82) is 0 Å². The van der Waals surface area contributed by atoms with Crippen LogP contribution in [-0.2, 0) is 6.42 Å². The summed E-state index contributed by atoms with van der Waals surface area (Å²) >= 11 is 0. The quantitative estimate of drug-likeness (QED) is 0.814. The molecular weight excluding hydrogens is 250 g/mol. The van der Waals surface area contributed by atoms with E-state index in [0.29, 0.717) is 11.7 Å². The molecule has 1 saturated carbocycles. The van der Waals surface area contributed by atoms with Gasteiger partial charge in [0.05, 0.1) is 0 Å². The SMILES string of the molecule is CN1CCc2cc(-c3nc(C4CC4)n(N)c3N)ccc21.